The summed E-state index contributed by atoms with van der Waals surface area (Å²) in [5.41, 5.74) is 1.13. The number of ether oxygens (including phenoxy) is 1. The maximum Gasteiger partial charge on any atom is 0.191 e. The van der Waals surface area contributed by atoms with Gasteiger partial charge in [0.15, 0.2) is 5.96 Å². The van der Waals surface area contributed by atoms with Crippen molar-refractivity contribution in [1.29, 1.82) is 0 Å². The molecule has 2 rings (SSSR count). The number of aliphatic imine (C=N–C) groups is 1. The van der Waals surface area contributed by atoms with E-state index in [1.165, 1.54) is 4.88 Å². The largest absolute Gasteiger partial charge is 0.496 e. The number of hydrogen-bond acceptors (Lipinski definition) is 3. The molecule has 1 aromatic heterocycles. The van der Waals surface area contributed by atoms with Gasteiger partial charge in [-0.3, -0.25) is 0 Å². The molecule has 23 heavy (non-hydrogen) atoms. The van der Waals surface area contributed by atoms with E-state index in [2.05, 4.69) is 56.0 Å². The van der Waals surface area contributed by atoms with Crippen molar-refractivity contribution in [1.82, 2.24) is 10.6 Å². The van der Waals surface area contributed by atoms with Gasteiger partial charge >= 0.3 is 0 Å². The lowest BCUT2D eigenvalue weighted by atomic mass is 10.2. The maximum absolute atomic E-state index is 5.24. The Morgan fingerprint density at radius 2 is 2.13 bits per heavy atom. The number of nitrogens with one attached hydrogen (secondary N) is 2. The summed E-state index contributed by atoms with van der Waals surface area (Å²) in [5, 5.41) is 8.68. The van der Waals surface area contributed by atoms with Gasteiger partial charge in [0.2, 0.25) is 0 Å². The van der Waals surface area contributed by atoms with E-state index in [4.69, 9.17) is 4.74 Å². The SMILES string of the molecule is CCNC(=NCc1ccc(OC)c(Br)c1)NCc1cccs1.I. The van der Waals surface area contributed by atoms with Crippen molar-refractivity contribution in [2.24, 2.45) is 4.99 Å². The highest BCUT2D eigenvalue weighted by molar-refractivity contribution is 14.0. The van der Waals surface area contributed by atoms with Crippen LogP contribution in [0.5, 0.6) is 5.75 Å². The number of benzene rings is 1. The molecule has 0 aliphatic rings. The standard InChI is InChI=1S/C16H20BrN3OS.HI/c1-3-18-16(20-11-13-5-4-8-22-13)19-10-12-6-7-15(21-2)14(17)9-12;/h4-9H,3,10-11H2,1-2H3,(H2,18,19,20);1H. The number of guanidine groups is 1. The van der Waals surface area contributed by atoms with Crippen LogP contribution in [0.25, 0.3) is 0 Å². The molecule has 0 fully saturated rings. The van der Waals surface area contributed by atoms with Crippen molar-refractivity contribution >= 4 is 57.2 Å². The van der Waals surface area contributed by atoms with Crippen molar-refractivity contribution in [3.8, 4) is 5.75 Å². The van der Waals surface area contributed by atoms with Crippen LogP contribution < -0.4 is 15.4 Å². The molecule has 4 nitrogen and oxygen atoms in total. The lowest BCUT2D eigenvalue weighted by molar-refractivity contribution is 0.412. The Balaban J connectivity index is 0.00000264. The minimum atomic E-state index is 0. The zero-order valence-corrected chi connectivity index (χ0v) is 17.9. The maximum atomic E-state index is 5.24. The Bertz CT molecular complexity index is 620. The van der Waals surface area contributed by atoms with Gasteiger partial charge in [-0.05, 0) is 52.0 Å². The smallest absolute Gasteiger partial charge is 0.191 e. The molecule has 0 spiro atoms. The predicted molar refractivity (Wildman–Crippen MR) is 112 cm³/mol. The first-order valence-corrected chi connectivity index (χ1v) is 8.77. The molecule has 2 aromatic rings. The fourth-order valence-electron chi connectivity index (χ4n) is 1.90. The average Bonchev–Trinajstić information content (AvgIpc) is 3.03. The van der Waals surface area contributed by atoms with Crippen LogP contribution in [0.2, 0.25) is 0 Å². The summed E-state index contributed by atoms with van der Waals surface area (Å²) in [6.07, 6.45) is 0. The first kappa shape index (κ1) is 20.2. The number of nitrogens with zero attached hydrogens (tertiary/aromatic N) is 1. The van der Waals surface area contributed by atoms with E-state index in [-0.39, 0.29) is 24.0 Å². The summed E-state index contributed by atoms with van der Waals surface area (Å²) in [4.78, 5) is 5.91. The van der Waals surface area contributed by atoms with Crippen molar-refractivity contribution < 1.29 is 4.74 Å². The third-order valence-electron chi connectivity index (χ3n) is 2.99. The molecule has 0 saturated heterocycles. The van der Waals surface area contributed by atoms with Crippen LogP contribution in [0.1, 0.15) is 17.4 Å². The van der Waals surface area contributed by atoms with E-state index < -0.39 is 0 Å². The fraction of sp³-hybridized carbons (Fsp3) is 0.312. The Morgan fingerprint density at radius 3 is 2.74 bits per heavy atom. The predicted octanol–water partition coefficient (Wildman–Crippen LogP) is 4.39. The first-order valence-electron chi connectivity index (χ1n) is 7.10. The van der Waals surface area contributed by atoms with Crippen LogP contribution in [0.3, 0.4) is 0 Å². The molecule has 0 saturated carbocycles. The molecule has 2 N–H and O–H groups in total. The molecule has 0 radical (unpaired) electrons. The van der Waals surface area contributed by atoms with Crippen LogP contribution >= 0.6 is 51.2 Å². The highest BCUT2D eigenvalue weighted by atomic mass is 127. The van der Waals surface area contributed by atoms with Gasteiger partial charge in [0.05, 0.1) is 24.7 Å². The number of hydrogen-bond donors (Lipinski definition) is 2. The molecular formula is C16H21BrIN3OS. The van der Waals surface area contributed by atoms with Crippen LogP contribution in [0.15, 0.2) is 45.2 Å². The van der Waals surface area contributed by atoms with Gasteiger partial charge in [0.25, 0.3) is 0 Å². The summed E-state index contributed by atoms with van der Waals surface area (Å²) in [7, 11) is 1.66. The minimum absolute atomic E-state index is 0. The van der Waals surface area contributed by atoms with Gasteiger partial charge in [-0.2, -0.15) is 0 Å². The third kappa shape index (κ3) is 6.68. The summed E-state index contributed by atoms with van der Waals surface area (Å²) >= 11 is 5.24. The van der Waals surface area contributed by atoms with Gasteiger partial charge < -0.3 is 15.4 Å². The molecule has 0 amide bonds. The summed E-state index contributed by atoms with van der Waals surface area (Å²) in [5.74, 6) is 1.65. The zero-order valence-electron chi connectivity index (χ0n) is 13.1. The second-order valence-electron chi connectivity index (χ2n) is 4.60. The van der Waals surface area contributed by atoms with E-state index in [0.717, 1.165) is 34.8 Å². The molecule has 7 heteroatoms. The molecular weight excluding hydrogens is 489 g/mol. The quantitative estimate of drug-likeness (QED) is 0.345. The molecule has 0 atom stereocenters. The summed E-state index contributed by atoms with van der Waals surface area (Å²) in [6, 6.07) is 10.2. The highest BCUT2D eigenvalue weighted by Gasteiger charge is 2.02. The Morgan fingerprint density at radius 1 is 1.30 bits per heavy atom. The van der Waals surface area contributed by atoms with E-state index in [1.54, 1.807) is 18.4 Å². The molecule has 126 valence electrons. The molecule has 0 aliphatic heterocycles. The van der Waals surface area contributed by atoms with Gasteiger partial charge in [-0.15, -0.1) is 35.3 Å². The average molecular weight is 510 g/mol. The zero-order chi connectivity index (χ0) is 15.8. The normalized spacial score (nSPS) is 10.8. The van der Waals surface area contributed by atoms with E-state index in [1.807, 2.05) is 18.2 Å². The van der Waals surface area contributed by atoms with Gasteiger partial charge in [0, 0.05) is 11.4 Å². The van der Waals surface area contributed by atoms with Crippen molar-refractivity contribution in [2.45, 2.75) is 20.0 Å². The fourth-order valence-corrected chi connectivity index (χ4v) is 3.14. The van der Waals surface area contributed by atoms with Crippen LogP contribution in [0, 0.1) is 0 Å². The number of methoxy groups -OCH3 is 1. The van der Waals surface area contributed by atoms with Crippen LogP contribution in [-0.2, 0) is 13.1 Å². The molecule has 0 unspecified atom stereocenters. The van der Waals surface area contributed by atoms with Gasteiger partial charge in [0.1, 0.15) is 5.75 Å². The lowest BCUT2D eigenvalue weighted by Gasteiger charge is -2.11. The monoisotopic (exact) mass is 509 g/mol. The van der Waals surface area contributed by atoms with E-state index in [9.17, 15) is 0 Å². The van der Waals surface area contributed by atoms with Gasteiger partial charge in [-0.25, -0.2) is 4.99 Å². The number of halogens is 2. The Hall–Kier alpha value is -0.800. The van der Waals surface area contributed by atoms with Crippen molar-refractivity contribution in [3.63, 3.8) is 0 Å². The van der Waals surface area contributed by atoms with E-state index >= 15 is 0 Å². The van der Waals surface area contributed by atoms with E-state index in [0.29, 0.717) is 6.54 Å². The lowest BCUT2D eigenvalue weighted by Crippen LogP contribution is -2.36. The summed E-state index contributed by atoms with van der Waals surface area (Å²) < 4.78 is 6.18. The third-order valence-corrected chi connectivity index (χ3v) is 4.49. The van der Waals surface area contributed by atoms with Crippen molar-refractivity contribution in [3.05, 3.63) is 50.6 Å². The van der Waals surface area contributed by atoms with Crippen molar-refractivity contribution in [2.75, 3.05) is 13.7 Å². The topological polar surface area (TPSA) is 45.7 Å². The second kappa shape index (κ2) is 10.9. The van der Waals surface area contributed by atoms with Crippen LogP contribution in [-0.4, -0.2) is 19.6 Å². The Labute approximate surface area is 166 Å². The van der Waals surface area contributed by atoms with Crippen LogP contribution in [0.4, 0.5) is 0 Å². The second-order valence-corrected chi connectivity index (χ2v) is 6.48. The Kier molecular flexibility index (Phi) is 9.57. The van der Waals surface area contributed by atoms with Gasteiger partial charge in [-0.1, -0.05) is 12.1 Å². The summed E-state index contributed by atoms with van der Waals surface area (Å²) in [6.45, 7) is 4.30. The molecule has 0 bridgehead atoms. The number of rotatable bonds is 6. The molecule has 1 aromatic carbocycles. The first-order chi connectivity index (χ1) is 10.7. The molecule has 0 aliphatic carbocycles. The molecule has 1 heterocycles. The minimum Gasteiger partial charge on any atom is -0.496 e. The highest BCUT2D eigenvalue weighted by Crippen LogP contribution is 2.25. The number of thiophene rings is 1.